The Morgan fingerprint density at radius 3 is 2.04 bits per heavy atom. The fourth-order valence-corrected chi connectivity index (χ4v) is 1.84. The van der Waals surface area contributed by atoms with Crippen LogP contribution in [0.2, 0.25) is 0 Å². The van der Waals surface area contributed by atoms with Crippen LogP contribution >= 0.6 is 0 Å². The molecule has 0 radical (unpaired) electrons. The third-order valence-corrected chi connectivity index (χ3v) is 2.85. The van der Waals surface area contributed by atoms with E-state index in [1.807, 2.05) is 0 Å². The highest BCUT2D eigenvalue weighted by molar-refractivity contribution is 5.78. The van der Waals surface area contributed by atoms with E-state index in [1.165, 1.54) is 12.1 Å². The molecule has 0 saturated heterocycles. The van der Waals surface area contributed by atoms with Gasteiger partial charge < -0.3 is 25.5 Å². The summed E-state index contributed by atoms with van der Waals surface area (Å²) in [5.74, 6) is -2.24. The molecule has 2 aromatic rings. The van der Waals surface area contributed by atoms with Crippen molar-refractivity contribution in [1.29, 1.82) is 0 Å². The SMILES string of the molecule is O=[N+]([O-])c1cccc(Nc2c([N+](=O)[O-])cc([N+](=O)[O-])nc2[N+](=O)[O-])c1. The van der Waals surface area contributed by atoms with Crippen LogP contribution in [0.15, 0.2) is 30.3 Å². The number of rotatable bonds is 6. The van der Waals surface area contributed by atoms with Crippen molar-refractivity contribution >= 4 is 34.4 Å². The molecular formula is C11H6N6O8. The molecule has 0 spiro atoms. The topological polar surface area (TPSA) is 197 Å². The standard InChI is InChI=1S/C11H6N6O8/c18-14(19)7-3-1-2-6(4-7)12-10-8(15(20)21)5-9(16(22)23)13-11(10)17(24)25/h1-5,12H. The van der Waals surface area contributed by atoms with E-state index in [0.29, 0.717) is 6.07 Å². The maximum absolute atomic E-state index is 11.1. The average Bonchev–Trinajstić information content (AvgIpc) is 2.54. The first-order valence-corrected chi connectivity index (χ1v) is 6.20. The number of non-ortho nitro benzene ring substituents is 1. The van der Waals surface area contributed by atoms with Crippen molar-refractivity contribution in [2.24, 2.45) is 0 Å². The predicted molar refractivity (Wildman–Crippen MR) is 80.6 cm³/mol. The molecule has 14 nitrogen and oxygen atoms in total. The van der Waals surface area contributed by atoms with Crippen LogP contribution in [0.1, 0.15) is 0 Å². The van der Waals surface area contributed by atoms with Gasteiger partial charge in [0.2, 0.25) is 5.69 Å². The molecule has 1 heterocycles. The molecule has 0 atom stereocenters. The van der Waals surface area contributed by atoms with Crippen molar-refractivity contribution in [1.82, 2.24) is 4.98 Å². The van der Waals surface area contributed by atoms with E-state index in [1.54, 1.807) is 0 Å². The molecule has 2 rings (SSSR count). The van der Waals surface area contributed by atoms with E-state index in [-0.39, 0.29) is 11.4 Å². The van der Waals surface area contributed by atoms with Gasteiger partial charge >= 0.3 is 17.3 Å². The maximum Gasteiger partial charge on any atom is 0.399 e. The number of anilines is 2. The highest BCUT2D eigenvalue weighted by Gasteiger charge is 2.32. The number of nitrogens with zero attached hydrogens (tertiary/aromatic N) is 5. The van der Waals surface area contributed by atoms with Gasteiger partial charge in [-0.2, -0.15) is 0 Å². The molecule has 0 saturated carbocycles. The molecule has 0 aliphatic rings. The Morgan fingerprint density at radius 1 is 0.840 bits per heavy atom. The van der Waals surface area contributed by atoms with Crippen LogP contribution < -0.4 is 5.32 Å². The van der Waals surface area contributed by atoms with Gasteiger partial charge in [-0.25, -0.2) is 0 Å². The lowest BCUT2D eigenvalue weighted by Crippen LogP contribution is -2.06. The fraction of sp³-hybridized carbons (Fsp3) is 0. The normalized spacial score (nSPS) is 10.1. The number of nitro groups is 4. The minimum absolute atomic E-state index is 0.0731. The molecule has 0 aliphatic heterocycles. The second-order valence-electron chi connectivity index (χ2n) is 4.40. The Morgan fingerprint density at radius 2 is 1.52 bits per heavy atom. The number of nitrogens with one attached hydrogen (secondary N) is 1. The second kappa shape index (κ2) is 6.49. The van der Waals surface area contributed by atoms with E-state index in [9.17, 15) is 40.5 Å². The summed E-state index contributed by atoms with van der Waals surface area (Å²) in [6, 6.07) is 5.09. The summed E-state index contributed by atoms with van der Waals surface area (Å²) in [6.07, 6.45) is 0. The molecule has 1 aromatic heterocycles. The first kappa shape index (κ1) is 17.1. The van der Waals surface area contributed by atoms with E-state index in [0.717, 1.165) is 12.1 Å². The van der Waals surface area contributed by atoms with E-state index >= 15 is 0 Å². The third-order valence-electron chi connectivity index (χ3n) is 2.85. The number of nitro benzene ring substituents is 1. The molecule has 1 N–H and O–H groups in total. The largest absolute Gasteiger partial charge is 0.399 e. The zero-order valence-corrected chi connectivity index (χ0v) is 11.9. The molecule has 128 valence electrons. The van der Waals surface area contributed by atoms with Gasteiger partial charge in [-0.15, -0.1) is 0 Å². The summed E-state index contributed by atoms with van der Waals surface area (Å²) in [5, 5.41) is 46.0. The highest BCUT2D eigenvalue weighted by atomic mass is 16.6. The number of benzene rings is 1. The third kappa shape index (κ3) is 3.58. The summed E-state index contributed by atoms with van der Waals surface area (Å²) in [7, 11) is 0. The van der Waals surface area contributed by atoms with Gasteiger partial charge in [-0.05, 0) is 15.9 Å². The zero-order valence-electron chi connectivity index (χ0n) is 11.9. The average molecular weight is 350 g/mol. The van der Waals surface area contributed by atoms with Crippen LogP contribution in [0.25, 0.3) is 0 Å². The van der Waals surface area contributed by atoms with Gasteiger partial charge in [0, 0.05) is 22.8 Å². The number of hydrogen-bond donors (Lipinski definition) is 1. The Balaban J connectivity index is 2.64. The maximum atomic E-state index is 11.1. The van der Waals surface area contributed by atoms with Crippen molar-refractivity contribution in [2.45, 2.75) is 0 Å². The second-order valence-corrected chi connectivity index (χ2v) is 4.40. The molecular weight excluding hydrogens is 344 g/mol. The fourth-order valence-electron chi connectivity index (χ4n) is 1.84. The molecule has 0 fully saturated rings. The van der Waals surface area contributed by atoms with Crippen LogP contribution in [0.3, 0.4) is 0 Å². The summed E-state index contributed by atoms with van der Waals surface area (Å²) < 4.78 is 0. The quantitative estimate of drug-likeness (QED) is 0.596. The minimum atomic E-state index is -1.16. The smallest absolute Gasteiger partial charge is 0.358 e. The van der Waals surface area contributed by atoms with Gasteiger partial charge in [0.05, 0.1) is 9.85 Å². The van der Waals surface area contributed by atoms with Gasteiger partial charge in [0.25, 0.3) is 5.69 Å². The zero-order chi connectivity index (χ0) is 18.7. The molecule has 14 heteroatoms. The Kier molecular flexibility index (Phi) is 4.44. The molecule has 25 heavy (non-hydrogen) atoms. The Bertz CT molecular complexity index is 878. The van der Waals surface area contributed by atoms with Crippen LogP contribution in [0.4, 0.5) is 34.4 Å². The Hall–Kier alpha value is -4.23. The van der Waals surface area contributed by atoms with Crippen LogP contribution in [-0.2, 0) is 0 Å². The predicted octanol–water partition coefficient (Wildman–Crippen LogP) is 2.46. The van der Waals surface area contributed by atoms with Crippen LogP contribution in [-0.4, -0.2) is 24.7 Å². The first-order valence-electron chi connectivity index (χ1n) is 6.20. The minimum Gasteiger partial charge on any atom is -0.358 e. The van der Waals surface area contributed by atoms with Crippen molar-refractivity contribution in [3.63, 3.8) is 0 Å². The van der Waals surface area contributed by atoms with Crippen LogP contribution in [0.5, 0.6) is 0 Å². The van der Waals surface area contributed by atoms with Gasteiger partial charge in [0.15, 0.2) is 0 Å². The van der Waals surface area contributed by atoms with Crippen molar-refractivity contribution in [3.8, 4) is 0 Å². The lowest BCUT2D eigenvalue weighted by molar-refractivity contribution is -0.408. The summed E-state index contributed by atoms with van der Waals surface area (Å²) in [4.78, 5) is 42.8. The van der Waals surface area contributed by atoms with Gasteiger partial charge in [-0.1, -0.05) is 6.07 Å². The van der Waals surface area contributed by atoms with Crippen molar-refractivity contribution < 1.29 is 19.7 Å². The number of pyridine rings is 1. The molecule has 0 unspecified atom stereocenters. The summed E-state index contributed by atoms with van der Waals surface area (Å²) in [5.41, 5.74) is -2.15. The van der Waals surface area contributed by atoms with E-state index in [4.69, 9.17) is 0 Å². The van der Waals surface area contributed by atoms with Gasteiger partial charge in [0.1, 0.15) is 6.07 Å². The summed E-state index contributed by atoms with van der Waals surface area (Å²) >= 11 is 0. The van der Waals surface area contributed by atoms with E-state index in [2.05, 4.69) is 10.3 Å². The lowest BCUT2D eigenvalue weighted by atomic mass is 10.2. The number of aromatic nitrogens is 1. The highest BCUT2D eigenvalue weighted by Crippen LogP contribution is 2.37. The molecule has 1 aromatic carbocycles. The lowest BCUT2D eigenvalue weighted by Gasteiger charge is -2.07. The molecule has 0 bridgehead atoms. The summed E-state index contributed by atoms with van der Waals surface area (Å²) in [6.45, 7) is 0. The number of hydrogen-bond acceptors (Lipinski definition) is 10. The van der Waals surface area contributed by atoms with E-state index < -0.39 is 42.7 Å². The molecule has 0 aliphatic carbocycles. The first-order chi connectivity index (χ1) is 11.7. The van der Waals surface area contributed by atoms with Crippen molar-refractivity contribution in [3.05, 3.63) is 70.8 Å². The molecule has 0 amide bonds. The monoisotopic (exact) mass is 350 g/mol. The van der Waals surface area contributed by atoms with Crippen LogP contribution in [0, 0.1) is 40.5 Å². The van der Waals surface area contributed by atoms with Gasteiger partial charge in [-0.3, -0.25) is 20.2 Å². The Labute approximate surface area is 136 Å². The van der Waals surface area contributed by atoms with Crippen molar-refractivity contribution in [2.75, 3.05) is 5.32 Å².